The fourth-order valence-corrected chi connectivity index (χ4v) is 3.45. The van der Waals surface area contributed by atoms with Crippen LogP contribution in [0.3, 0.4) is 0 Å². The van der Waals surface area contributed by atoms with Crippen molar-refractivity contribution in [3.05, 3.63) is 16.4 Å². The molecule has 114 valence electrons. The van der Waals surface area contributed by atoms with Crippen molar-refractivity contribution in [2.75, 3.05) is 13.2 Å². The SMILES string of the molecule is CCc1nn(CC)c(CN2CCCC2CCCO)c1Cl. The van der Waals surface area contributed by atoms with Gasteiger partial charge in [0.15, 0.2) is 0 Å². The lowest BCUT2D eigenvalue weighted by molar-refractivity contribution is 0.206. The third kappa shape index (κ3) is 3.35. The Bertz CT molecular complexity index is 433. The molecule has 1 aromatic heterocycles. The van der Waals surface area contributed by atoms with E-state index in [2.05, 4.69) is 23.8 Å². The average Bonchev–Trinajstić information content (AvgIpc) is 3.02. The van der Waals surface area contributed by atoms with Crippen molar-refractivity contribution < 1.29 is 5.11 Å². The molecule has 0 saturated carbocycles. The molecule has 2 heterocycles. The summed E-state index contributed by atoms with van der Waals surface area (Å²) < 4.78 is 2.04. The maximum absolute atomic E-state index is 9.01. The van der Waals surface area contributed by atoms with Crippen LogP contribution in [-0.4, -0.2) is 39.0 Å². The third-order valence-corrected chi connectivity index (χ3v) is 4.68. The van der Waals surface area contributed by atoms with Crippen LogP contribution in [0.4, 0.5) is 0 Å². The van der Waals surface area contributed by atoms with E-state index in [4.69, 9.17) is 16.7 Å². The molecule has 0 radical (unpaired) electrons. The van der Waals surface area contributed by atoms with Crippen molar-refractivity contribution in [3.8, 4) is 0 Å². The number of aliphatic hydroxyl groups is 1. The Morgan fingerprint density at radius 1 is 1.40 bits per heavy atom. The number of hydrogen-bond acceptors (Lipinski definition) is 3. The molecule has 5 heteroatoms. The molecule has 1 aromatic rings. The summed E-state index contributed by atoms with van der Waals surface area (Å²) in [6.07, 6.45) is 5.33. The summed E-state index contributed by atoms with van der Waals surface area (Å²) >= 11 is 6.49. The zero-order valence-corrected chi connectivity index (χ0v) is 13.4. The van der Waals surface area contributed by atoms with Gasteiger partial charge in [-0.3, -0.25) is 9.58 Å². The van der Waals surface area contributed by atoms with Crippen LogP contribution >= 0.6 is 11.6 Å². The number of aryl methyl sites for hydroxylation is 2. The van der Waals surface area contributed by atoms with Crippen LogP contribution < -0.4 is 0 Å². The minimum Gasteiger partial charge on any atom is -0.396 e. The van der Waals surface area contributed by atoms with E-state index < -0.39 is 0 Å². The van der Waals surface area contributed by atoms with Gasteiger partial charge in [-0.15, -0.1) is 0 Å². The second-order valence-corrected chi connectivity index (χ2v) is 5.89. The molecule has 1 saturated heterocycles. The summed E-state index contributed by atoms with van der Waals surface area (Å²) in [4.78, 5) is 2.50. The van der Waals surface area contributed by atoms with Crippen LogP contribution in [0.2, 0.25) is 5.02 Å². The Morgan fingerprint density at radius 3 is 2.85 bits per heavy atom. The van der Waals surface area contributed by atoms with Gasteiger partial charge in [0.05, 0.1) is 16.4 Å². The topological polar surface area (TPSA) is 41.3 Å². The highest BCUT2D eigenvalue weighted by atomic mass is 35.5. The molecule has 1 fully saturated rings. The zero-order valence-electron chi connectivity index (χ0n) is 12.6. The van der Waals surface area contributed by atoms with Crippen molar-refractivity contribution in [1.82, 2.24) is 14.7 Å². The first-order valence-electron chi connectivity index (χ1n) is 7.80. The lowest BCUT2D eigenvalue weighted by atomic mass is 10.1. The Labute approximate surface area is 126 Å². The second kappa shape index (κ2) is 7.43. The number of rotatable bonds is 7. The van der Waals surface area contributed by atoms with Crippen LogP contribution in [0.1, 0.15) is 50.9 Å². The van der Waals surface area contributed by atoms with E-state index >= 15 is 0 Å². The molecule has 1 aliphatic rings. The Kier molecular flexibility index (Phi) is 5.87. The van der Waals surface area contributed by atoms with Gasteiger partial charge in [-0.25, -0.2) is 0 Å². The summed E-state index contributed by atoms with van der Waals surface area (Å²) in [6, 6.07) is 0.587. The van der Waals surface area contributed by atoms with E-state index in [1.807, 2.05) is 4.68 Å². The lowest BCUT2D eigenvalue weighted by Crippen LogP contribution is -2.30. The van der Waals surface area contributed by atoms with E-state index in [1.54, 1.807) is 0 Å². The van der Waals surface area contributed by atoms with Crippen LogP contribution in [0, 0.1) is 0 Å². The smallest absolute Gasteiger partial charge is 0.0863 e. The fourth-order valence-electron chi connectivity index (χ4n) is 3.12. The molecule has 0 spiro atoms. The minimum atomic E-state index is 0.290. The van der Waals surface area contributed by atoms with Crippen LogP contribution in [0.25, 0.3) is 0 Å². The molecule has 1 N–H and O–H groups in total. The Hall–Kier alpha value is -0.580. The average molecular weight is 300 g/mol. The summed E-state index contributed by atoms with van der Waals surface area (Å²) in [6.45, 7) is 7.37. The predicted octanol–water partition coefficient (Wildman–Crippen LogP) is 2.86. The molecule has 0 amide bonds. The molecule has 1 aliphatic heterocycles. The van der Waals surface area contributed by atoms with Gasteiger partial charge in [0.25, 0.3) is 0 Å². The molecule has 0 aliphatic carbocycles. The number of nitrogens with zero attached hydrogens (tertiary/aromatic N) is 3. The molecule has 20 heavy (non-hydrogen) atoms. The van der Waals surface area contributed by atoms with Crippen molar-refractivity contribution in [2.45, 2.75) is 65.1 Å². The first-order chi connectivity index (χ1) is 9.71. The minimum absolute atomic E-state index is 0.290. The number of likely N-dealkylation sites (tertiary alicyclic amines) is 1. The standard InChI is InChI=1S/C15H26ClN3O/c1-3-13-15(16)14(19(4-2)17-13)11-18-9-5-7-12(18)8-6-10-20/h12,20H,3-11H2,1-2H3. The Balaban J connectivity index is 2.10. The van der Waals surface area contributed by atoms with E-state index in [1.165, 1.54) is 12.8 Å². The maximum atomic E-state index is 9.01. The molecule has 4 nitrogen and oxygen atoms in total. The number of hydrogen-bond donors (Lipinski definition) is 1. The number of aromatic nitrogens is 2. The van der Waals surface area contributed by atoms with E-state index in [0.29, 0.717) is 6.04 Å². The third-order valence-electron chi connectivity index (χ3n) is 4.24. The largest absolute Gasteiger partial charge is 0.396 e. The molecular formula is C15H26ClN3O. The maximum Gasteiger partial charge on any atom is 0.0863 e. The zero-order chi connectivity index (χ0) is 14.5. The predicted molar refractivity (Wildman–Crippen MR) is 82.0 cm³/mol. The highest BCUT2D eigenvalue weighted by molar-refractivity contribution is 6.31. The lowest BCUT2D eigenvalue weighted by Gasteiger charge is -2.24. The molecule has 0 aromatic carbocycles. The highest BCUT2D eigenvalue weighted by Crippen LogP contribution is 2.28. The molecule has 2 rings (SSSR count). The van der Waals surface area contributed by atoms with Gasteiger partial charge in [0, 0.05) is 25.7 Å². The van der Waals surface area contributed by atoms with E-state index in [0.717, 1.165) is 55.3 Å². The van der Waals surface area contributed by atoms with E-state index in [-0.39, 0.29) is 6.61 Å². The van der Waals surface area contributed by atoms with E-state index in [9.17, 15) is 0 Å². The van der Waals surface area contributed by atoms with Gasteiger partial charge in [0.1, 0.15) is 0 Å². The summed E-state index contributed by atoms with van der Waals surface area (Å²) in [5.41, 5.74) is 2.16. The number of aliphatic hydroxyl groups excluding tert-OH is 1. The van der Waals surface area contributed by atoms with Gasteiger partial charge in [-0.2, -0.15) is 5.10 Å². The highest BCUT2D eigenvalue weighted by Gasteiger charge is 2.26. The van der Waals surface area contributed by atoms with Crippen LogP contribution in [0.5, 0.6) is 0 Å². The van der Waals surface area contributed by atoms with Gasteiger partial charge in [0.2, 0.25) is 0 Å². The Morgan fingerprint density at radius 2 is 2.20 bits per heavy atom. The van der Waals surface area contributed by atoms with Gasteiger partial charge in [-0.05, 0) is 45.6 Å². The first-order valence-corrected chi connectivity index (χ1v) is 8.18. The number of halogens is 1. The molecule has 1 atom stereocenters. The molecular weight excluding hydrogens is 274 g/mol. The van der Waals surface area contributed by atoms with Crippen molar-refractivity contribution in [1.29, 1.82) is 0 Å². The van der Waals surface area contributed by atoms with Gasteiger partial charge >= 0.3 is 0 Å². The van der Waals surface area contributed by atoms with Crippen LogP contribution in [0.15, 0.2) is 0 Å². The first kappa shape index (κ1) is 15.8. The quantitative estimate of drug-likeness (QED) is 0.842. The summed E-state index contributed by atoms with van der Waals surface area (Å²) in [7, 11) is 0. The second-order valence-electron chi connectivity index (χ2n) is 5.51. The monoisotopic (exact) mass is 299 g/mol. The molecule has 0 bridgehead atoms. The van der Waals surface area contributed by atoms with Gasteiger partial charge in [-0.1, -0.05) is 18.5 Å². The van der Waals surface area contributed by atoms with Crippen molar-refractivity contribution in [3.63, 3.8) is 0 Å². The van der Waals surface area contributed by atoms with Crippen molar-refractivity contribution >= 4 is 11.6 Å². The summed E-state index contributed by atoms with van der Waals surface area (Å²) in [5, 5.41) is 14.5. The molecule has 1 unspecified atom stereocenters. The fraction of sp³-hybridized carbons (Fsp3) is 0.800. The van der Waals surface area contributed by atoms with Crippen molar-refractivity contribution in [2.24, 2.45) is 0 Å². The van der Waals surface area contributed by atoms with Gasteiger partial charge < -0.3 is 5.11 Å². The normalized spacial score (nSPS) is 19.9. The summed E-state index contributed by atoms with van der Waals surface area (Å²) in [5.74, 6) is 0. The van der Waals surface area contributed by atoms with Crippen LogP contribution in [-0.2, 0) is 19.5 Å².